The van der Waals surface area contributed by atoms with Crippen LogP contribution in [0.25, 0.3) is 0 Å². The molecule has 0 aliphatic heterocycles. The van der Waals surface area contributed by atoms with Crippen LogP contribution in [0.1, 0.15) is 84.5 Å². The first-order chi connectivity index (χ1) is 12.1. The van der Waals surface area contributed by atoms with E-state index in [9.17, 15) is 9.59 Å². The number of hydrogen-bond donors (Lipinski definition) is 1. The third kappa shape index (κ3) is 15.9. The van der Waals surface area contributed by atoms with Crippen LogP contribution in [0.3, 0.4) is 0 Å². The summed E-state index contributed by atoms with van der Waals surface area (Å²) >= 11 is 0. The van der Waals surface area contributed by atoms with Crippen LogP contribution in [0.15, 0.2) is 12.2 Å². The van der Waals surface area contributed by atoms with Crippen LogP contribution in [0, 0.1) is 0 Å². The fraction of sp³-hybridized carbons (Fsp3) is 0.800. The summed E-state index contributed by atoms with van der Waals surface area (Å²) in [5.74, 6) is -0.708. The minimum Gasteiger partial charge on any atom is -0.462 e. The zero-order chi connectivity index (χ0) is 18.8. The molecule has 0 aromatic rings. The number of unbranched alkanes of at least 4 members (excludes halogenated alkanes) is 7. The van der Waals surface area contributed by atoms with Crippen molar-refractivity contribution in [2.75, 3.05) is 13.2 Å². The molecule has 0 heterocycles. The van der Waals surface area contributed by atoms with E-state index in [-0.39, 0.29) is 31.6 Å². The molecule has 0 spiro atoms. The van der Waals surface area contributed by atoms with E-state index in [4.69, 9.17) is 14.6 Å². The molecule has 5 heteroatoms. The van der Waals surface area contributed by atoms with Gasteiger partial charge in [-0.2, -0.15) is 0 Å². The first-order valence-corrected chi connectivity index (χ1v) is 9.74. The molecular formula is C20H36O5. The number of aliphatic hydroxyl groups excluding tert-OH is 1. The van der Waals surface area contributed by atoms with Crippen LogP contribution in [-0.2, 0) is 19.1 Å². The van der Waals surface area contributed by atoms with Gasteiger partial charge in [0.05, 0.1) is 6.61 Å². The van der Waals surface area contributed by atoms with Gasteiger partial charge in [-0.15, -0.1) is 0 Å². The third-order valence-electron chi connectivity index (χ3n) is 3.86. The fourth-order valence-corrected chi connectivity index (χ4v) is 2.28. The minimum atomic E-state index is -0.762. The lowest BCUT2D eigenvalue weighted by molar-refractivity contribution is -0.161. The minimum absolute atomic E-state index is 0.0827. The number of allylic oxidation sites excluding steroid dienone is 2. The number of rotatable bonds is 16. The molecule has 1 unspecified atom stereocenters. The summed E-state index contributed by atoms with van der Waals surface area (Å²) in [7, 11) is 0. The highest BCUT2D eigenvalue weighted by molar-refractivity contribution is 5.70. The smallest absolute Gasteiger partial charge is 0.306 e. The van der Waals surface area contributed by atoms with Crippen molar-refractivity contribution in [1.29, 1.82) is 0 Å². The van der Waals surface area contributed by atoms with E-state index in [1.807, 2.05) is 0 Å². The van der Waals surface area contributed by atoms with Crippen molar-refractivity contribution in [2.45, 2.75) is 90.6 Å². The summed E-state index contributed by atoms with van der Waals surface area (Å²) in [5, 5.41) is 9.15. The first kappa shape index (κ1) is 23.6. The SMILES string of the molecule is CCCC/C=C\CCCCCCCC(=O)OC(CO)COC(=O)CC. The lowest BCUT2D eigenvalue weighted by atomic mass is 10.1. The summed E-state index contributed by atoms with van der Waals surface area (Å²) in [6.45, 7) is 3.47. The average Bonchev–Trinajstić information content (AvgIpc) is 2.62. The monoisotopic (exact) mass is 356 g/mol. The number of hydrogen-bond acceptors (Lipinski definition) is 5. The number of ether oxygens (including phenoxy) is 2. The highest BCUT2D eigenvalue weighted by Crippen LogP contribution is 2.09. The molecule has 5 nitrogen and oxygen atoms in total. The number of esters is 2. The number of carbonyl (C=O) groups excluding carboxylic acids is 2. The van der Waals surface area contributed by atoms with Crippen molar-refractivity contribution in [3.05, 3.63) is 12.2 Å². The van der Waals surface area contributed by atoms with Crippen LogP contribution in [0.2, 0.25) is 0 Å². The maximum Gasteiger partial charge on any atom is 0.306 e. The van der Waals surface area contributed by atoms with Gasteiger partial charge in [-0.25, -0.2) is 0 Å². The van der Waals surface area contributed by atoms with E-state index >= 15 is 0 Å². The Kier molecular flexibility index (Phi) is 16.5. The highest BCUT2D eigenvalue weighted by Gasteiger charge is 2.15. The Labute approximate surface area is 152 Å². The first-order valence-electron chi connectivity index (χ1n) is 9.74. The van der Waals surface area contributed by atoms with Gasteiger partial charge in [0.25, 0.3) is 0 Å². The Balaban J connectivity index is 3.56. The fourth-order valence-electron chi connectivity index (χ4n) is 2.28. The van der Waals surface area contributed by atoms with Crippen molar-refractivity contribution in [3.63, 3.8) is 0 Å². The molecule has 25 heavy (non-hydrogen) atoms. The topological polar surface area (TPSA) is 72.8 Å². The maximum absolute atomic E-state index is 11.7. The van der Waals surface area contributed by atoms with Crippen LogP contribution < -0.4 is 0 Å². The Morgan fingerprint density at radius 3 is 2.20 bits per heavy atom. The third-order valence-corrected chi connectivity index (χ3v) is 3.86. The van der Waals surface area contributed by atoms with E-state index in [0.29, 0.717) is 6.42 Å². The van der Waals surface area contributed by atoms with Gasteiger partial charge in [-0.3, -0.25) is 9.59 Å². The molecule has 0 saturated carbocycles. The zero-order valence-corrected chi connectivity index (χ0v) is 16.0. The Hall–Kier alpha value is -1.36. The molecule has 0 fully saturated rings. The number of carbonyl (C=O) groups is 2. The highest BCUT2D eigenvalue weighted by atomic mass is 16.6. The van der Waals surface area contributed by atoms with Crippen molar-refractivity contribution >= 4 is 11.9 Å². The van der Waals surface area contributed by atoms with Gasteiger partial charge in [0, 0.05) is 12.8 Å². The van der Waals surface area contributed by atoms with Crippen molar-refractivity contribution in [1.82, 2.24) is 0 Å². The second-order valence-electron chi connectivity index (χ2n) is 6.25. The van der Waals surface area contributed by atoms with Crippen LogP contribution >= 0.6 is 0 Å². The standard InChI is InChI=1S/C20H36O5/c1-3-5-6-7-8-9-10-11-12-13-14-15-20(23)25-18(16-21)17-24-19(22)4-2/h7-8,18,21H,3-6,9-17H2,1-2H3/b8-7-. The van der Waals surface area contributed by atoms with Crippen LogP contribution in [-0.4, -0.2) is 36.4 Å². The predicted molar refractivity (Wildman–Crippen MR) is 99.2 cm³/mol. The molecule has 146 valence electrons. The molecule has 0 aromatic carbocycles. The lowest BCUT2D eigenvalue weighted by Crippen LogP contribution is -2.28. The lowest BCUT2D eigenvalue weighted by Gasteiger charge is -2.15. The summed E-state index contributed by atoms with van der Waals surface area (Å²) in [6, 6.07) is 0. The van der Waals surface area contributed by atoms with Gasteiger partial charge in [0.2, 0.25) is 0 Å². The van der Waals surface area contributed by atoms with Gasteiger partial charge >= 0.3 is 11.9 Å². The van der Waals surface area contributed by atoms with Gasteiger partial charge in [0.15, 0.2) is 6.10 Å². The molecule has 0 amide bonds. The molecule has 0 aliphatic carbocycles. The molecular weight excluding hydrogens is 320 g/mol. The molecule has 0 aliphatic rings. The maximum atomic E-state index is 11.7. The normalized spacial score (nSPS) is 12.3. The van der Waals surface area contributed by atoms with E-state index in [2.05, 4.69) is 19.1 Å². The van der Waals surface area contributed by atoms with Crippen LogP contribution in [0.5, 0.6) is 0 Å². The van der Waals surface area contributed by atoms with Gasteiger partial charge < -0.3 is 14.6 Å². The molecule has 0 rings (SSSR count). The van der Waals surface area contributed by atoms with Crippen molar-refractivity contribution in [3.8, 4) is 0 Å². The van der Waals surface area contributed by atoms with Crippen molar-refractivity contribution in [2.24, 2.45) is 0 Å². The summed E-state index contributed by atoms with van der Waals surface area (Å²) in [4.78, 5) is 22.8. The second-order valence-corrected chi connectivity index (χ2v) is 6.25. The average molecular weight is 357 g/mol. The van der Waals surface area contributed by atoms with Gasteiger partial charge in [-0.05, 0) is 25.7 Å². The Bertz CT molecular complexity index is 365. The van der Waals surface area contributed by atoms with E-state index in [1.54, 1.807) is 6.92 Å². The van der Waals surface area contributed by atoms with Crippen molar-refractivity contribution < 1.29 is 24.2 Å². The predicted octanol–water partition coefficient (Wildman–Crippen LogP) is 4.32. The molecule has 1 atom stereocenters. The Morgan fingerprint density at radius 2 is 1.56 bits per heavy atom. The van der Waals surface area contributed by atoms with E-state index < -0.39 is 6.10 Å². The number of aliphatic hydroxyl groups is 1. The molecule has 0 radical (unpaired) electrons. The summed E-state index contributed by atoms with van der Waals surface area (Å²) in [6.07, 6.45) is 14.5. The Morgan fingerprint density at radius 1 is 0.920 bits per heavy atom. The quantitative estimate of drug-likeness (QED) is 0.253. The molecule has 0 bridgehead atoms. The summed E-state index contributed by atoms with van der Waals surface area (Å²) < 4.78 is 9.99. The molecule has 0 aromatic heterocycles. The molecule has 1 N–H and O–H groups in total. The van der Waals surface area contributed by atoms with E-state index in [0.717, 1.165) is 25.7 Å². The van der Waals surface area contributed by atoms with Crippen LogP contribution in [0.4, 0.5) is 0 Å². The van der Waals surface area contributed by atoms with Gasteiger partial charge in [-0.1, -0.05) is 58.1 Å². The second kappa shape index (κ2) is 17.5. The zero-order valence-electron chi connectivity index (χ0n) is 16.0. The molecule has 0 saturated heterocycles. The van der Waals surface area contributed by atoms with E-state index in [1.165, 1.54) is 32.1 Å². The largest absolute Gasteiger partial charge is 0.462 e. The van der Waals surface area contributed by atoms with Gasteiger partial charge in [0.1, 0.15) is 6.61 Å². The summed E-state index contributed by atoms with van der Waals surface area (Å²) in [5.41, 5.74) is 0.